The Hall–Kier alpha value is -2.34. The van der Waals surface area contributed by atoms with Crippen molar-refractivity contribution < 1.29 is 9.47 Å². The van der Waals surface area contributed by atoms with Crippen LogP contribution in [-0.4, -0.2) is 28.4 Å². The SMILES string of the molecule is c1csc(-c2nc(-c3ccc4c(c3)OCCO4)n[nH]2)c1. The standard InChI is InChI=1S/C14H11N3O2S/c1-2-12(20-7-1)14-15-13(16-17-14)9-3-4-10-11(8-9)19-6-5-18-10/h1-4,7-8H,5-6H2,(H,15,16,17). The van der Waals surface area contributed by atoms with Crippen molar-refractivity contribution in [3.8, 4) is 33.6 Å². The normalized spacial score (nSPS) is 13.4. The summed E-state index contributed by atoms with van der Waals surface area (Å²) in [5, 5.41) is 9.24. The summed E-state index contributed by atoms with van der Waals surface area (Å²) < 4.78 is 11.1. The molecule has 0 spiro atoms. The first-order valence-electron chi connectivity index (χ1n) is 6.26. The number of rotatable bonds is 2. The number of benzene rings is 1. The monoisotopic (exact) mass is 285 g/mol. The first-order chi connectivity index (χ1) is 9.90. The zero-order chi connectivity index (χ0) is 13.4. The predicted octanol–water partition coefficient (Wildman–Crippen LogP) is 2.97. The van der Waals surface area contributed by atoms with Crippen LogP contribution in [-0.2, 0) is 0 Å². The molecule has 6 heteroatoms. The highest BCUT2D eigenvalue weighted by atomic mass is 32.1. The second-order valence-electron chi connectivity index (χ2n) is 4.34. The quantitative estimate of drug-likeness (QED) is 0.786. The number of H-pyrrole nitrogens is 1. The predicted molar refractivity (Wildman–Crippen MR) is 76.1 cm³/mol. The second-order valence-corrected chi connectivity index (χ2v) is 5.29. The smallest absolute Gasteiger partial charge is 0.181 e. The molecule has 0 saturated carbocycles. The van der Waals surface area contributed by atoms with Gasteiger partial charge in [-0.1, -0.05) is 6.07 Å². The van der Waals surface area contributed by atoms with Crippen molar-refractivity contribution >= 4 is 11.3 Å². The summed E-state index contributed by atoms with van der Waals surface area (Å²) >= 11 is 1.63. The van der Waals surface area contributed by atoms with Gasteiger partial charge in [0.15, 0.2) is 23.1 Å². The molecule has 4 rings (SSSR count). The largest absolute Gasteiger partial charge is 0.486 e. The van der Waals surface area contributed by atoms with Crippen molar-refractivity contribution in [3.63, 3.8) is 0 Å². The number of hydrogen-bond acceptors (Lipinski definition) is 5. The van der Waals surface area contributed by atoms with Crippen molar-refractivity contribution in [1.82, 2.24) is 15.2 Å². The van der Waals surface area contributed by atoms with Crippen molar-refractivity contribution in [2.24, 2.45) is 0 Å². The Balaban J connectivity index is 1.71. The Bertz CT molecular complexity index is 737. The molecule has 0 bridgehead atoms. The summed E-state index contributed by atoms with van der Waals surface area (Å²) in [5.74, 6) is 2.96. The van der Waals surface area contributed by atoms with E-state index in [2.05, 4.69) is 15.2 Å². The van der Waals surface area contributed by atoms with Gasteiger partial charge in [0.1, 0.15) is 13.2 Å². The lowest BCUT2D eigenvalue weighted by atomic mass is 10.2. The van der Waals surface area contributed by atoms with Gasteiger partial charge in [0.05, 0.1) is 4.88 Å². The Labute approximate surface area is 119 Å². The van der Waals surface area contributed by atoms with E-state index in [9.17, 15) is 0 Å². The molecule has 0 radical (unpaired) electrons. The van der Waals surface area contributed by atoms with E-state index in [0.29, 0.717) is 19.0 Å². The van der Waals surface area contributed by atoms with Gasteiger partial charge in [-0.25, -0.2) is 4.98 Å². The minimum Gasteiger partial charge on any atom is -0.486 e. The summed E-state index contributed by atoms with van der Waals surface area (Å²) in [7, 11) is 0. The molecule has 0 saturated heterocycles. The third kappa shape index (κ3) is 1.94. The molecule has 100 valence electrons. The summed E-state index contributed by atoms with van der Waals surface area (Å²) in [6, 6.07) is 9.75. The van der Waals surface area contributed by atoms with Crippen LogP contribution >= 0.6 is 11.3 Å². The third-order valence-corrected chi connectivity index (χ3v) is 3.92. The van der Waals surface area contributed by atoms with Crippen LogP contribution in [0, 0.1) is 0 Å². The highest BCUT2D eigenvalue weighted by molar-refractivity contribution is 7.13. The van der Waals surface area contributed by atoms with Crippen molar-refractivity contribution in [1.29, 1.82) is 0 Å². The van der Waals surface area contributed by atoms with Crippen molar-refractivity contribution in [3.05, 3.63) is 35.7 Å². The molecule has 20 heavy (non-hydrogen) atoms. The summed E-state index contributed by atoms with van der Waals surface area (Å²) in [4.78, 5) is 5.59. The zero-order valence-electron chi connectivity index (χ0n) is 10.5. The van der Waals surface area contributed by atoms with Crippen LogP contribution in [0.25, 0.3) is 22.1 Å². The van der Waals surface area contributed by atoms with E-state index in [1.807, 2.05) is 35.7 Å². The van der Waals surface area contributed by atoms with Gasteiger partial charge >= 0.3 is 0 Å². The number of ether oxygens (including phenoxy) is 2. The first kappa shape index (κ1) is 11.5. The van der Waals surface area contributed by atoms with Gasteiger partial charge in [-0.3, -0.25) is 5.10 Å². The van der Waals surface area contributed by atoms with Gasteiger partial charge in [0.2, 0.25) is 0 Å². The average Bonchev–Trinajstić information content (AvgIpc) is 3.17. The van der Waals surface area contributed by atoms with Crippen LogP contribution in [0.3, 0.4) is 0 Å². The van der Waals surface area contributed by atoms with Gasteiger partial charge in [-0.2, -0.15) is 5.10 Å². The molecule has 1 aliphatic heterocycles. The van der Waals surface area contributed by atoms with E-state index in [1.165, 1.54) is 0 Å². The minimum absolute atomic E-state index is 0.574. The Morgan fingerprint density at radius 3 is 2.85 bits per heavy atom. The summed E-state index contributed by atoms with van der Waals surface area (Å²) in [6.45, 7) is 1.17. The van der Waals surface area contributed by atoms with Gasteiger partial charge in [-0.15, -0.1) is 11.3 Å². The lowest BCUT2D eigenvalue weighted by Crippen LogP contribution is -2.15. The fourth-order valence-corrected chi connectivity index (χ4v) is 2.76. The summed E-state index contributed by atoms with van der Waals surface area (Å²) in [5.41, 5.74) is 0.910. The van der Waals surface area contributed by atoms with Gasteiger partial charge in [0, 0.05) is 5.56 Å². The van der Waals surface area contributed by atoms with Crippen LogP contribution in [0.4, 0.5) is 0 Å². The van der Waals surface area contributed by atoms with Crippen LogP contribution in [0.2, 0.25) is 0 Å². The van der Waals surface area contributed by atoms with Crippen LogP contribution in [0.1, 0.15) is 0 Å². The maximum absolute atomic E-state index is 5.58. The summed E-state index contributed by atoms with van der Waals surface area (Å²) in [6.07, 6.45) is 0. The Kier molecular flexibility index (Phi) is 2.67. The number of hydrogen-bond donors (Lipinski definition) is 1. The number of aromatic nitrogens is 3. The molecule has 0 amide bonds. The first-order valence-corrected chi connectivity index (χ1v) is 7.14. The van der Waals surface area contributed by atoms with Crippen molar-refractivity contribution in [2.75, 3.05) is 13.2 Å². The Morgan fingerprint density at radius 1 is 1.10 bits per heavy atom. The van der Waals surface area contributed by atoms with Crippen LogP contribution in [0.15, 0.2) is 35.7 Å². The molecule has 1 aliphatic rings. The van der Waals surface area contributed by atoms with Gasteiger partial charge in [0.25, 0.3) is 0 Å². The van der Waals surface area contributed by atoms with Crippen LogP contribution < -0.4 is 9.47 Å². The van der Waals surface area contributed by atoms with E-state index >= 15 is 0 Å². The fourth-order valence-electron chi connectivity index (χ4n) is 2.10. The van der Waals surface area contributed by atoms with E-state index in [4.69, 9.17) is 9.47 Å². The lowest BCUT2D eigenvalue weighted by Gasteiger charge is -2.18. The van der Waals surface area contributed by atoms with E-state index in [1.54, 1.807) is 11.3 Å². The molecule has 0 unspecified atom stereocenters. The average molecular weight is 285 g/mol. The lowest BCUT2D eigenvalue weighted by molar-refractivity contribution is 0.171. The van der Waals surface area contributed by atoms with E-state index in [-0.39, 0.29) is 0 Å². The van der Waals surface area contributed by atoms with Gasteiger partial charge in [-0.05, 0) is 29.6 Å². The molecule has 3 heterocycles. The van der Waals surface area contributed by atoms with Crippen molar-refractivity contribution in [2.45, 2.75) is 0 Å². The molecule has 0 fully saturated rings. The molecule has 1 N–H and O–H groups in total. The molecule has 2 aromatic heterocycles. The second kappa shape index (κ2) is 4.64. The topological polar surface area (TPSA) is 60.0 Å². The Morgan fingerprint density at radius 2 is 2.00 bits per heavy atom. The molecule has 0 atom stereocenters. The molecule has 3 aromatic rings. The third-order valence-electron chi connectivity index (χ3n) is 3.04. The fraction of sp³-hybridized carbons (Fsp3) is 0.143. The number of fused-ring (bicyclic) bond motifs is 1. The molecule has 0 aliphatic carbocycles. The molecular formula is C14H11N3O2S. The number of thiophene rings is 1. The number of nitrogens with one attached hydrogen (secondary N) is 1. The van der Waals surface area contributed by atoms with E-state index < -0.39 is 0 Å². The number of aromatic amines is 1. The minimum atomic E-state index is 0.574. The van der Waals surface area contributed by atoms with Gasteiger partial charge < -0.3 is 9.47 Å². The molecule has 1 aromatic carbocycles. The van der Waals surface area contributed by atoms with Crippen LogP contribution in [0.5, 0.6) is 11.5 Å². The number of nitrogens with zero attached hydrogens (tertiary/aromatic N) is 2. The maximum atomic E-state index is 5.58. The van der Waals surface area contributed by atoms with E-state index in [0.717, 1.165) is 27.8 Å². The molecular weight excluding hydrogens is 274 g/mol. The highest BCUT2D eigenvalue weighted by Crippen LogP contribution is 2.34. The highest BCUT2D eigenvalue weighted by Gasteiger charge is 2.15. The maximum Gasteiger partial charge on any atom is 0.181 e. The molecule has 5 nitrogen and oxygen atoms in total. The zero-order valence-corrected chi connectivity index (χ0v) is 11.3.